The van der Waals surface area contributed by atoms with Crippen LogP contribution in [0.5, 0.6) is 0 Å². The smallest absolute Gasteiger partial charge is 0.229 e. The number of nitrogens with one attached hydrogen (secondary N) is 2. The first-order valence-corrected chi connectivity index (χ1v) is 10.1. The lowest BCUT2D eigenvalue weighted by Gasteiger charge is -2.21. The van der Waals surface area contributed by atoms with Gasteiger partial charge in [-0.2, -0.15) is 15.1 Å². The molecule has 2 aromatic heterocycles. The van der Waals surface area contributed by atoms with Crippen LogP contribution in [0.4, 0.5) is 17.6 Å². The third kappa shape index (κ3) is 3.40. The standard InChI is InChI=1S/C21H25N7/c1-2-8-18-17(7-1)16(14-22-18)15-23-26-19-13-20(27-9-3-4-10-27)25-21(24-19)28-11-5-6-12-28/h1-2,7-8,13-15,22H,3-6,9-12H2,(H,24,25,26). The van der Waals surface area contributed by atoms with E-state index in [1.54, 1.807) is 0 Å². The molecule has 0 radical (unpaired) electrons. The minimum absolute atomic E-state index is 0.745. The fraction of sp³-hybridized carbons (Fsp3) is 0.381. The van der Waals surface area contributed by atoms with Gasteiger partial charge in [0.05, 0.1) is 6.21 Å². The van der Waals surface area contributed by atoms with E-state index in [-0.39, 0.29) is 0 Å². The van der Waals surface area contributed by atoms with E-state index in [0.717, 1.165) is 60.2 Å². The Hall–Kier alpha value is -3.09. The van der Waals surface area contributed by atoms with Gasteiger partial charge < -0.3 is 14.8 Å². The van der Waals surface area contributed by atoms with Crippen LogP contribution in [0.25, 0.3) is 10.9 Å². The average molecular weight is 375 g/mol. The minimum Gasteiger partial charge on any atom is -0.361 e. The van der Waals surface area contributed by atoms with Crippen LogP contribution in [-0.2, 0) is 0 Å². The summed E-state index contributed by atoms with van der Waals surface area (Å²) in [6.07, 6.45) is 8.68. The van der Waals surface area contributed by atoms with Gasteiger partial charge >= 0.3 is 0 Å². The molecular weight excluding hydrogens is 350 g/mol. The van der Waals surface area contributed by atoms with Crippen LogP contribution in [0.3, 0.4) is 0 Å². The van der Waals surface area contributed by atoms with E-state index >= 15 is 0 Å². The number of H-pyrrole nitrogens is 1. The SMILES string of the molecule is C(=NNc1cc(N2CCCC2)nc(N2CCCC2)n1)c1c[nH]c2ccccc12. The van der Waals surface area contributed by atoms with Gasteiger partial charge in [-0.1, -0.05) is 18.2 Å². The summed E-state index contributed by atoms with van der Waals surface area (Å²) in [6, 6.07) is 10.2. The first-order valence-electron chi connectivity index (χ1n) is 10.1. The van der Waals surface area contributed by atoms with Crippen LogP contribution in [-0.4, -0.2) is 47.3 Å². The van der Waals surface area contributed by atoms with Gasteiger partial charge in [-0.3, -0.25) is 5.43 Å². The summed E-state index contributed by atoms with van der Waals surface area (Å²) in [5, 5.41) is 5.61. The Morgan fingerprint density at radius 3 is 2.54 bits per heavy atom. The number of para-hydroxylation sites is 1. The number of hydrogen-bond acceptors (Lipinski definition) is 6. The minimum atomic E-state index is 0.745. The predicted octanol–water partition coefficient (Wildman–Crippen LogP) is 3.60. The van der Waals surface area contributed by atoms with Gasteiger partial charge in [-0.05, 0) is 31.7 Å². The highest BCUT2D eigenvalue weighted by molar-refractivity contribution is 5.99. The molecule has 7 heteroatoms. The second kappa shape index (κ2) is 7.50. The summed E-state index contributed by atoms with van der Waals surface area (Å²) in [6.45, 7) is 4.19. The normalized spacial score (nSPS) is 17.3. The zero-order valence-electron chi connectivity index (χ0n) is 15.9. The fourth-order valence-corrected chi connectivity index (χ4v) is 4.01. The molecule has 1 aromatic carbocycles. The molecule has 0 aliphatic carbocycles. The number of hydrazone groups is 1. The molecule has 0 saturated carbocycles. The van der Waals surface area contributed by atoms with Crippen molar-refractivity contribution in [1.82, 2.24) is 15.0 Å². The molecule has 4 heterocycles. The monoisotopic (exact) mass is 375 g/mol. The van der Waals surface area contributed by atoms with Crippen molar-refractivity contribution in [1.29, 1.82) is 0 Å². The van der Waals surface area contributed by atoms with Crippen molar-refractivity contribution in [3.05, 3.63) is 42.1 Å². The van der Waals surface area contributed by atoms with E-state index in [2.05, 4.69) is 37.4 Å². The summed E-state index contributed by atoms with van der Waals surface area (Å²) >= 11 is 0. The maximum Gasteiger partial charge on any atom is 0.229 e. The van der Waals surface area contributed by atoms with Gasteiger partial charge in [0, 0.05) is 54.9 Å². The molecule has 3 aromatic rings. The first-order chi connectivity index (χ1) is 13.9. The number of rotatable bonds is 5. The molecule has 2 saturated heterocycles. The highest BCUT2D eigenvalue weighted by Crippen LogP contribution is 2.25. The summed E-state index contributed by atoms with van der Waals surface area (Å²) in [5.41, 5.74) is 5.29. The number of fused-ring (bicyclic) bond motifs is 1. The van der Waals surface area contributed by atoms with Gasteiger partial charge in [-0.15, -0.1) is 0 Å². The largest absolute Gasteiger partial charge is 0.361 e. The number of hydrogen-bond donors (Lipinski definition) is 2. The van der Waals surface area contributed by atoms with Crippen LogP contribution in [0.1, 0.15) is 31.2 Å². The van der Waals surface area contributed by atoms with E-state index < -0.39 is 0 Å². The lowest BCUT2D eigenvalue weighted by molar-refractivity contribution is 0.871. The second-order valence-corrected chi connectivity index (χ2v) is 7.46. The molecule has 5 rings (SSSR count). The topological polar surface area (TPSA) is 72.4 Å². The Balaban J connectivity index is 1.40. The number of aromatic nitrogens is 3. The predicted molar refractivity (Wildman–Crippen MR) is 114 cm³/mol. The summed E-state index contributed by atoms with van der Waals surface area (Å²) in [5.74, 6) is 2.56. The quantitative estimate of drug-likeness (QED) is 0.527. The van der Waals surface area contributed by atoms with Crippen molar-refractivity contribution in [3.8, 4) is 0 Å². The highest BCUT2D eigenvalue weighted by Gasteiger charge is 2.20. The van der Waals surface area contributed by atoms with E-state index in [9.17, 15) is 0 Å². The van der Waals surface area contributed by atoms with E-state index in [1.807, 2.05) is 30.6 Å². The lowest BCUT2D eigenvalue weighted by Crippen LogP contribution is -2.24. The van der Waals surface area contributed by atoms with Crippen molar-refractivity contribution >= 4 is 34.7 Å². The van der Waals surface area contributed by atoms with Gasteiger partial charge in [0.15, 0.2) is 5.82 Å². The highest BCUT2D eigenvalue weighted by atomic mass is 15.4. The molecule has 0 unspecified atom stereocenters. The van der Waals surface area contributed by atoms with E-state index in [1.165, 1.54) is 25.7 Å². The van der Waals surface area contributed by atoms with Crippen LogP contribution < -0.4 is 15.2 Å². The summed E-state index contributed by atoms with van der Waals surface area (Å²) in [4.78, 5) is 17.4. The molecule has 2 N–H and O–H groups in total. The molecule has 0 amide bonds. The van der Waals surface area contributed by atoms with Gasteiger partial charge in [-0.25, -0.2) is 0 Å². The van der Waals surface area contributed by atoms with Crippen molar-refractivity contribution in [2.45, 2.75) is 25.7 Å². The molecule has 144 valence electrons. The Morgan fingerprint density at radius 1 is 0.964 bits per heavy atom. The number of nitrogens with zero attached hydrogens (tertiary/aromatic N) is 5. The van der Waals surface area contributed by atoms with Crippen LogP contribution in [0.15, 0.2) is 41.6 Å². The molecule has 2 fully saturated rings. The second-order valence-electron chi connectivity index (χ2n) is 7.46. The van der Waals surface area contributed by atoms with Gasteiger partial charge in [0.2, 0.25) is 5.95 Å². The summed E-state index contributed by atoms with van der Waals surface area (Å²) in [7, 11) is 0. The Labute approximate surface area is 164 Å². The number of benzene rings is 1. The van der Waals surface area contributed by atoms with E-state index in [4.69, 9.17) is 9.97 Å². The Morgan fingerprint density at radius 2 is 1.71 bits per heavy atom. The number of anilines is 3. The average Bonchev–Trinajstić information content (AvgIpc) is 3.49. The molecule has 0 bridgehead atoms. The summed E-state index contributed by atoms with van der Waals surface area (Å²) < 4.78 is 0. The molecule has 28 heavy (non-hydrogen) atoms. The zero-order chi connectivity index (χ0) is 18.8. The van der Waals surface area contributed by atoms with Crippen molar-refractivity contribution in [3.63, 3.8) is 0 Å². The molecule has 2 aliphatic rings. The third-order valence-corrected chi connectivity index (χ3v) is 5.52. The van der Waals surface area contributed by atoms with Crippen molar-refractivity contribution in [2.75, 3.05) is 41.4 Å². The lowest BCUT2D eigenvalue weighted by atomic mass is 10.2. The van der Waals surface area contributed by atoms with Crippen LogP contribution >= 0.6 is 0 Å². The molecular formula is C21H25N7. The maximum absolute atomic E-state index is 4.84. The van der Waals surface area contributed by atoms with Crippen molar-refractivity contribution in [2.24, 2.45) is 5.10 Å². The van der Waals surface area contributed by atoms with Crippen LogP contribution in [0, 0.1) is 0 Å². The Kier molecular flexibility index (Phi) is 4.56. The van der Waals surface area contributed by atoms with E-state index in [0.29, 0.717) is 0 Å². The maximum atomic E-state index is 4.84. The third-order valence-electron chi connectivity index (χ3n) is 5.52. The number of aromatic amines is 1. The molecule has 2 aliphatic heterocycles. The fourth-order valence-electron chi connectivity index (χ4n) is 4.01. The van der Waals surface area contributed by atoms with Crippen molar-refractivity contribution < 1.29 is 0 Å². The van der Waals surface area contributed by atoms with Gasteiger partial charge in [0.25, 0.3) is 0 Å². The zero-order valence-corrected chi connectivity index (χ0v) is 15.9. The Bertz CT molecular complexity index is 947. The molecule has 0 atom stereocenters. The molecule has 0 spiro atoms. The van der Waals surface area contributed by atoms with Crippen LogP contribution in [0.2, 0.25) is 0 Å². The first kappa shape index (κ1) is 17.0. The van der Waals surface area contributed by atoms with Gasteiger partial charge in [0.1, 0.15) is 5.82 Å². The molecule has 7 nitrogen and oxygen atoms in total.